The molecule has 3 unspecified atom stereocenters. The molecule has 3 aliphatic rings. The second-order valence-electron chi connectivity index (χ2n) is 6.06. The first kappa shape index (κ1) is 13.6. The van der Waals surface area contributed by atoms with E-state index in [1.54, 1.807) is 18.2 Å². The predicted octanol–water partition coefficient (Wildman–Crippen LogP) is 2.74. The van der Waals surface area contributed by atoms with Gasteiger partial charge in [0.2, 0.25) is 0 Å². The summed E-state index contributed by atoms with van der Waals surface area (Å²) >= 11 is 1.11. The van der Waals surface area contributed by atoms with Crippen molar-refractivity contribution in [2.75, 3.05) is 6.54 Å². The Labute approximate surface area is 131 Å². The van der Waals surface area contributed by atoms with E-state index in [0.717, 1.165) is 36.3 Å². The van der Waals surface area contributed by atoms with Gasteiger partial charge in [-0.2, -0.15) is 8.73 Å². The minimum Gasteiger partial charge on any atom is -0.480 e. The quantitative estimate of drug-likeness (QED) is 0.924. The van der Waals surface area contributed by atoms with Crippen molar-refractivity contribution in [1.29, 1.82) is 0 Å². The molecule has 1 N–H and O–H groups in total. The molecule has 2 aliphatic heterocycles. The smallest absolute Gasteiger partial charge is 0.326 e. The zero-order chi connectivity index (χ0) is 15.3. The van der Waals surface area contributed by atoms with Gasteiger partial charge >= 0.3 is 5.97 Å². The lowest BCUT2D eigenvalue weighted by molar-refractivity contribution is -0.142. The number of carbonyl (C=O) groups excluding carboxylic acids is 1. The van der Waals surface area contributed by atoms with Gasteiger partial charge < -0.3 is 10.0 Å². The van der Waals surface area contributed by atoms with Gasteiger partial charge in [-0.3, -0.25) is 4.79 Å². The van der Waals surface area contributed by atoms with Crippen molar-refractivity contribution in [3.8, 4) is 0 Å². The Morgan fingerprint density at radius 3 is 2.86 bits per heavy atom. The van der Waals surface area contributed by atoms with Crippen LogP contribution in [0.2, 0.25) is 0 Å². The molecule has 3 atom stereocenters. The monoisotopic (exact) mass is 317 g/mol. The third-order valence-electron chi connectivity index (χ3n) is 4.90. The first-order chi connectivity index (χ1) is 10.6. The Balaban J connectivity index is 1.65. The molecule has 1 saturated carbocycles. The van der Waals surface area contributed by atoms with E-state index < -0.39 is 12.0 Å². The highest BCUT2D eigenvalue weighted by Gasteiger charge is 2.49. The van der Waals surface area contributed by atoms with Crippen LogP contribution in [0.5, 0.6) is 0 Å². The molecule has 7 heteroatoms. The number of benzene rings is 1. The summed E-state index contributed by atoms with van der Waals surface area (Å²) in [5, 5.41) is 9.55. The molecule has 2 heterocycles. The highest BCUT2D eigenvalue weighted by molar-refractivity contribution is 7.58. The van der Waals surface area contributed by atoms with Crippen LogP contribution in [-0.4, -0.2) is 34.5 Å². The van der Waals surface area contributed by atoms with Crippen LogP contribution in [0.4, 0.5) is 11.4 Å². The van der Waals surface area contributed by atoms with E-state index in [-0.39, 0.29) is 11.8 Å². The number of carboxylic acids is 1. The van der Waals surface area contributed by atoms with Crippen molar-refractivity contribution in [1.82, 2.24) is 4.90 Å². The SMILES string of the molecule is O=C(O)C1C2CCCC2CN1C(=O)c1ccc2c(c1)N=S=N2. The molecule has 4 rings (SSSR count). The lowest BCUT2D eigenvalue weighted by Crippen LogP contribution is -2.43. The second-order valence-corrected chi connectivity index (χ2v) is 6.59. The molecule has 0 spiro atoms. The Kier molecular flexibility index (Phi) is 3.11. The van der Waals surface area contributed by atoms with Crippen molar-refractivity contribution in [3.05, 3.63) is 23.8 Å². The number of carbonyl (C=O) groups is 2. The fourth-order valence-corrected chi connectivity index (χ4v) is 4.43. The summed E-state index contributed by atoms with van der Waals surface area (Å²) in [6, 6.07) is 4.48. The second kappa shape index (κ2) is 5.01. The molecule has 1 aromatic carbocycles. The van der Waals surface area contributed by atoms with E-state index in [1.807, 2.05) is 0 Å². The summed E-state index contributed by atoms with van der Waals surface area (Å²) in [6.07, 6.45) is 2.99. The van der Waals surface area contributed by atoms with E-state index in [9.17, 15) is 14.7 Å². The zero-order valence-electron chi connectivity index (χ0n) is 11.8. The number of nitrogens with zero attached hydrogens (tertiary/aromatic N) is 3. The van der Waals surface area contributed by atoms with Crippen LogP contribution in [0, 0.1) is 11.8 Å². The predicted molar refractivity (Wildman–Crippen MR) is 81.3 cm³/mol. The van der Waals surface area contributed by atoms with Crippen LogP contribution in [0.25, 0.3) is 0 Å². The normalized spacial score (nSPS) is 28.4. The van der Waals surface area contributed by atoms with Crippen molar-refractivity contribution in [2.24, 2.45) is 20.6 Å². The van der Waals surface area contributed by atoms with E-state index in [0.29, 0.717) is 23.7 Å². The fourth-order valence-electron chi connectivity index (χ4n) is 3.91. The molecule has 22 heavy (non-hydrogen) atoms. The molecule has 1 aromatic rings. The van der Waals surface area contributed by atoms with Crippen molar-refractivity contribution < 1.29 is 14.7 Å². The summed E-state index contributed by atoms with van der Waals surface area (Å²) in [5.74, 6) is -0.670. The van der Waals surface area contributed by atoms with Gasteiger partial charge in [0.15, 0.2) is 0 Å². The van der Waals surface area contributed by atoms with Crippen molar-refractivity contribution >= 4 is 34.6 Å². The highest BCUT2D eigenvalue weighted by atomic mass is 32.1. The maximum atomic E-state index is 12.8. The minimum absolute atomic E-state index is 0.103. The number of aliphatic carboxylic acids is 1. The Hall–Kier alpha value is -2.02. The van der Waals surface area contributed by atoms with Crippen LogP contribution >= 0.6 is 0 Å². The van der Waals surface area contributed by atoms with Crippen molar-refractivity contribution in [2.45, 2.75) is 25.3 Å². The average molecular weight is 317 g/mol. The van der Waals surface area contributed by atoms with Crippen LogP contribution in [0.1, 0.15) is 29.6 Å². The molecule has 0 radical (unpaired) electrons. The molecule has 0 aromatic heterocycles. The number of hydrogen-bond acceptors (Lipinski definition) is 4. The third kappa shape index (κ3) is 1.99. The van der Waals surface area contributed by atoms with Crippen LogP contribution < -0.4 is 0 Å². The van der Waals surface area contributed by atoms with Crippen LogP contribution in [0.15, 0.2) is 26.9 Å². The number of hydrogen-bond donors (Lipinski definition) is 1. The zero-order valence-corrected chi connectivity index (χ0v) is 12.6. The summed E-state index contributed by atoms with van der Waals surface area (Å²) in [7, 11) is 0. The van der Waals surface area contributed by atoms with Gasteiger partial charge in [-0.05, 0) is 42.9 Å². The van der Waals surface area contributed by atoms with Gasteiger partial charge in [-0.1, -0.05) is 6.42 Å². The van der Waals surface area contributed by atoms with Gasteiger partial charge in [-0.25, -0.2) is 4.79 Å². The molecule has 0 bridgehead atoms. The van der Waals surface area contributed by atoms with Gasteiger partial charge in [0.1, 0.15) is 17.4 Å². The van der Waals surface area contributed by atoms with Crippen LogP contribution in [-0.2, 0) is 16.1 Å². The van der Waals surface area contributed by atoms with Crippen molar-refractivity contribution in [3.63, 3.8) is 0 Å². The lowest BCUT2D eigenvalue weighted by atomic mass is 9.94. The number of fused-ring (bicyclic) bond motifs is 2. The van der Waals surface area contributed by atoms with Crippen LogP contribution in [0.3, 0.4) is 0 Å². The van der Waals surface area contributed by atoms with Gasteiger partial charge in [0.05, 0.1) is 11.4 Å². The average Bonchev–Trinajstić information content (AvgIpc) is 3.19. The third-order valence-corrected chi connectivity index (χ3v) is 5.46. The summed E-state index contributed by atoms with van der Waals surface area (Å²) in [6.45, 7) is 0.549. The molecular formula is C15H15N3O3S. The standard InChI is InChI=1S/C15H15N3O3S/c19-14(8-4-5-11-12(6-8)17-22-16-11)18-7-9-2-1-3-10(9)13(18)15(20)21/h4-6,9-10,13H,1-3,7H2,(H,20,21). The number of likely N-dealkylation sites (tertiary alicyclic amines) is 1. The topological polar surface area (TPSA) is 82.3 Å². The van der Waals surface area contributed by atoms with E-state index >= 15 is 0 Å². The fraction of sp³-hybridized carbons (Fsp3) is 0.467. The Morgan fingerprint density at radius 1 is 1.23 bits per heavy atom. The molecular weight excluding hydrogens is 302 g/mol. The van der Waals surface area contributed by atoms with Gasteiger partial charge in [-0.15, -0.1) is 0 Å². The number of carboxylic acid groups (broad SMARTS) is 1. The van der Waals surface area contributed by atoms with Gasteiger partial charge in [0.25, 0.3) is 5.91 Å². The molecule has 1 saturated heterocycles. The Morgan fingerprint density at radius 2 is 2.05 bits per heavy atom. The summed E-state index contributed by atoms with van der Waals surface area (Å²) in [5.41, 5.74) is 1.93. The molecule has 1 amide bonds. The van der Waals surface area contributed by atoms with E-state index in [1.165, 1.54) is 4.90 Å². The number of amides is 1. The Bertz CT molecular complexity index is 742. The van der Waals surface area contributed by atoms with E-state index in [4.69, 9.17) is 0 Å². The first-order valence-electron chi connectivity index (χ1n) is 7.41. The van der Waals surface area contributed by atoms with Gasteiger partial charge in [0, 0.05) is 12.1 Å². The first-order valence-corrected chi connectivity index (χ1v) is 8.14. The maximum Gasteiger partial charge on any atom is 0.326 e. The summed E-state index contributed by atoms with van der Waals surface area (Å²) < 4.78 is 8.26. The van der Waals surface area contributed by atoms with E-state index in [2.05, 4.69) is 8.73 Å². The number of rotatable bonds is 2. The molecule has 6 nitrogen and oxygen atoms in total. The molecule has 2 fully saturated rings. The summed E-state index contributed by atoms with van der Waals surface area (Å²) in [4.78, 5) is 26.0. The molecule has 1 aliphatic carbocycles. The largest absolute Gasteiger partial charge is 0.480 e. The molecule has 114 valence electrons. The minimum atomic E-state index is -0.890. The maximum absolute atomic E-state index is 12.8. The lowest BCUT2D eigenvalue weighted by Gasteiger charge is -2.24. The highest BCUT2D eigenvalue weighted by Crippen LogP contribution is 2.43.